The van der Waals surface area contributed by atoms with Gasteiger partial charge >= 0.3 is 12.1 Å². The van der Waals surface area contributed by atoms with Gasteiger partial charge in [0.1, 0.15) is 5.75 Å². The van der Waals surface area contributed by atoms with Crippen LogP contribution in [-0.2, 0) is 4.74 Å². The molecule has 1 unspecified atom stereocenters. The molecule has 0 N–H and O–H groups in total. The summed E-state index contributed by atoms with van der Waals surface area (Å²) in [5, 5.41) is 0. The van der Waals surface area contributed by atoms with Crippen LogP contribution in [-0.4, -0.2) is 24.9 Å². The van der Waals surface area contributed by atoms with Crippen molar-refractivity contribution in [2.75, 3.05) is 6.61 Å². The maximum absolute atomic E-state index is 14.6. The van der Waals surface area contributed by atoms with Crippen LogP contribution < -0.4 is 4.74 Å². The molecule has 0 aliphatic carbocycles. The summed E-state index contributed by atoms with van der Waals surface area (Å²) in [6, 6.07) is 8.40. The van der Waals surface area contributed by atoms with Gasteiger partial charge in [-0.3, -0.25) is 0 Å². The van der Waals surface area contributed by atoms with Crippen LogP contribution in [0.15, 0.2) is 36.4 Å². The highest BCUT2D eigenvalue weighted by atomic mass is 19.4. The molecule has 8 heteroatoms. The number of hydrogen-bond donors (Lipinski definition) is 0. The number of carbonyl (C=O) groups is 1. The van der Waals surface area contributed by atoms with E-state index in [4.69, 9.17) is 4.74 Å². The zero-order chi connectivity index (χ0) is 24.4. The number of hydrogen-bond acceptors (Lipinski definition) is 3. The van der Waals surface area contributed by atoms with Crippen molar-refractivity contribution in [3.63, 3.8) is 0 Å². The molecule has 0 spiro atoms. The van der Waals surface area contributed by atoms with Crippen LogP contribution in [0.5, 0.6) is 5.75 Å². The van der Waals surface area contributed by atoms with Gasteiger partial charge in [0.25, 0.3) is 0 Å². The second kappa shape index (κ2) is 12.6. The number of unbranched alkanes of at least 4 members (excludes halogenated alkanes) is 5. The van der Waals surface area contributed by atoms with Gasteiger partial charge in [-0.2, -0.15) is 13.2 Å². The minimum atomic E-state index is -4.79. The first kappa shape index (κ1) is 26.6. The monoisotopic (exact) mass is 472 g/mol. The molecule has 2 aromatic carbocycles. The highest BCUT2D eigenvalue weighted by Crippen LogP contribution is 2.30. The Balaban J connectivity index is 2.02. The van der Waals surface area contributed by atoms with Crippen molar-refractivity contribution in [1.29, 1.82) is 0 Å². The number of benzene rings is 2. The maximum atomic E-state index is 14.6. The Bertz CT molecular complexity index is 894. The molecule has 33 heavy (non-hydrogen) atoms. The van der Waals surface area contributed by atoms with Crippen LogP contribution in [0.4, 0.5) is 22.0 Å². The molecule has 0 aliphatic heterocycles. The number of esters is 1. The lowest BCUT2D eigenvalue weighted by Crippen LogP contribution is -2.33. The van der Waals surface area contributed by atoms with E-state index in [1.54, 1.807) is 24.3 Å². The van der Waals surface area contributed by atoms with Crippen molar-refractivity contribution in [1.82, 2.24) is 0 Å². The molecule has 2 rings (SSSR count). The number of rotatable bonds is 12. The molecule has 0 fully saturated rings. The zero-order valence-electron chi connectivity index (χ0n) is 18.8. The van der Waals surface area contributed by atoms with Gasteiger partial charge in [0.2, 0.25) is 0 Å². The third-order valence-corrected chi connectivity index (χ3v) is 5.22. The lowest BCUT2D eigenvalue weighted by atomic mass is 10.0. The van der Waals surface area contributed by atoms with Crippen molar-refractivity contribution < 1.29 is 36.2 Å². The van der Waals surface area contributed by atoms with Crippen molar-refractivity contribution in [3.8, 4) is 16.9 Å². The molecule has 2 aromatic rings. The number of alkyl halides is 3. The van der Waals surface area contributed by atoms with Gasteiger partial charge in [0.15, 0.2) is 17.7 Å². The first-order valence-corrected chi connectivity index (χ1v) is 11.2. The van der Waals surface area contributed by atoms with E-state index in [0.29, 0.717) is 17.9 Å². The molecular formula is C25H29F5O3. The topological polar surface area (TPSA) is 35.5 Å². The second-order valence-corrected chi connectivity index (χ2v) is 7.77. The first-order valence-electron chi connectivity index (χ1n) is 11.2. The molecule has 0 aliphatic rings. The highest BCUT2D eigenvalue weighted by molar-refractivity contribution is 5.90. The molecular weight excluding hydrogens is 443 g/mol. The van der Waals surface area contributed by atoms with Crippen molar-refractivity contribution in [2.24, 2.45) is 0 Å². The van der Waals surface area contributed by atoms with Crippen LogP contribution in [0, 0.1) is 11.6 Å². The minimum Gasteiger partial charge on any atom is -0.494 e. The fourth-order valence-electron chi connectivity index (χ4n) is 3.31. The smallest absolute Gasteiger partial charge is 0.425 e. The summed E-state index contributed by atoms with van der Waals surface area (Å²) < 4.78 is 77.5. The Labute approximate surface area is 190 Å². The van der Waals surface area contributed by atoms with Crippen LogP contribution in [0.25, 0.3) is 11.1 Å². The SMILES string of the molecule is CCCCCCCCOc1ccc(-c2ccc(C(=O)OC(CC)C(F)(F)F)c(F)c2F)cc1. The molecule has 0 saturated heterocycles. The van der Waals surface area contributed by atoms with E-state index in [0.717, 1.165) is 25.0 Å². The van der Waals surface area contributed by atoms with Crippen LogP contribution >= 0.6 is 0 Å². The van der Waals surface area contributed by atoms with Crippen LogP contribution in [0.2, 0.25) is 0 Å². The van der Waals surface area contributed by atoms with Crippen LogP contribution in [0.3, 0.4) is 0 Å². The summed E-state index contributed by atoms with van der Waals surface area (Å²) in [6.45, 7) is 3.89. The Morgan fingerprint density at radius 2 is 1.52 bits per heavy atom. The molecule has 0 saturated carbocycles. The van der Waals surface area contributed by atoms with Crippen molar-refractivity contribution >= 4 is 5.97 Å². The molecule has 3 nitrogen and oxygen atoms in total. The highest BCUT2D eigenvalue weighted by Gasteiger charge is 2.42. The molecule has 1 atom stereocenters. The van der Waals surface area contributed by atoms with Gasteiger partial charge in [0.05, 0.1) is 12.2 Å². The molecule has 0 radical (unpaired) electrons. The van der Waals surface area contributed by atoms with Gasteiger partial charge in [-0.15, -0.1) is 0 Å². The lowest BCUT2D eigenvalue weighted by Gasteiger charge is -2.19. The van der Waals surface area contributed by atoms with E-state index in [9.17, 15) is 26.7 Å². The number of halogens is 5. The molecule has 0 amide bonds. The molecule has 182 valence electrons. The molecule has 0 bridgehead atoms. The standard InChI is InChI=1S/C25H29F5O3/c1-3-5-6-7-8-9-16-32-18-12-10-17(11-13-18)19-14-15-20(23(27)22(19)26)24(31)33-21(4-2)25(28,29)30/h10-15,21H,3-9,16H2,1-2H3. The normalized spacial score (nSPS) is 12.5. The summed E-state index contributed by atoms with van der Waals surface area (Å²) in [5.74, 6) is -3.88. The fourth-order valence-corrected chi connectivity index (χ4v) is 3.31. The predicted molar refractivity (Wildman–Crippen MR) is 116 cm³/mol. The summed E-state index contributed by atoms with van der Waals surface area (Å²) >= 11 is 0. The first-order chi connectivity index (χ1) is 15.7. The van der Waals surface area contributed by atoms with Gasteiger partial charge < -0.3 is 9.47 Å². The third-order valence-electron chi connectivity index (χ3n) is 5.22. The summed E-state index contributed by atoms with van der Waals surface area (Å²) in [6.07, 6.45) is -0.911. The Hall–Kier alpha value is -2.64. The van der Waals surface area contributed by atoms with E-state index < -0.39 is 41.9 Å². The average Bonchev–Trinajstić information content (AvgIpc) is 2.78. The second-order valence-electron chi connectivity index (χ2n) is 7.77. The van der Waals surface area contributed by atoms with Crippen LogP contribution in [0.1, 0.15) is 69.2 Å². The van der Waals surface area contributed by atoms with E-state index in [1.165, 1.54) is 32.6 Å². The predicted octanol–water partition coefficient (Wildman–Crippen LogP) is 7.87. The van der Waals surface area contributed by atoms with Gasteiger partial charge in [-0.05, 0) is 36.6 Å². The van der Waals surface area contributed by atoms with E-state index in [2.05, 4.69) is 11.7 Å². The zero-order valence-corrected chi connectivity index (χ0v) is 18.8. The fraction of sp³-hybridized carbons (Fsp3) is 0.480. The summed E-state index contributed by atoms with van der Waals surface area (Å²) in [4.78, 5) is 12.0. The Morgan fingerprint density at radius 3 is 2.12 bits per heavy atom. The molecule has 0 aromatic heterocycles. The average molecular weight is 472 g/mol. The maximum Gasteiger partial charge on any atom is 0.425 e. The Kier molecular flexibility index (Phi) is 10.1. The molecule has 0 heterocycles. The quantitative estimate of drug-likeness (QED) is 0.179. The van der Waals surface area contributed by atoms with Crippen molar-refractivity contribution in [2.45, 2.75) is 71.1 Å². The van der Waals surface area contributed by atoms with Gasteiger partial charge in [-0.25, -0.2) is 13.6 Å². The number of carbonyl (C=O) groups excluding carboxylic acids is 1. The summed E-state index contributed by atoms with van der Waals surface area (Å²) in [7, 11) is 0. The van der Waals surface area contributed by atoms with E-state index in [-0.39, 0.29) is 5.56 Å². The lowest BCUT2D eigenvalue weighted by molar-refractivity contribution is -0.204. The Morgan fingerprint density at radius 1 is 0.879 bits per heavy atom. The van der Waals surface area contributed by atoms with E-state index in [1.807, 2.05) is 0 Å². The third kappa shape index (κ3) is 7.72. The van der Waals surface area contributed by atoms with Crippen molar-refractivity contribution in [3.05, 3.63) is 53.6 Å². The van der Waals surface area contributed by atoms with Gasteiger partial charge in [-0.1, -0.05) is 64.2 Å². The minimum absolute atomic E-state index is 0.130. The van der Waals surface area contributed by atoms with Gasteiger partial charge in [0, 0.05) is 5.56 Å². The number of ether oxygens (including phenoxy) is 2. The summed E-state index contributed by atoms with van der Waals surface area (Å²) in [5.41, 5.74) is -0.688. The largest absolute Gasteiger partial charge is 0.494 e. The van der Waals surface area contributed by atoms with E-state index >= 15 is 0 Å².